The third-order valence-electron chi connectivity index (χ3n) is 5.85. The first kappa shape index (κ1) is 26.3. The Bertz CT molecular complexity index is 1210. The summed E-state index contributed by atoms with van der Waals surface area (Å²) in [6.07, 6.45) is -2.44. The maximum atomic E-state index is 12.9. The normalized spacial score (nSPS) is 18.6. The lowest BCUT2D eigenvalue weighted by molar-refractivity contribution is -0.0400. The third kappa shape index (κ3) is 7.36. The topological polar surface area (TPSA) is 88.1 Å². The molecule has 7 nitrogen and oxygen atoms in total. The number of hydrogen-bond acceptors (Lipinski definition) is 8. The van der Waals surface area contributed by atoms with E-state index in [1.807, 2.05) is 68.4 Å². The van der Waals surface area contributed by atoms with Crippen LogP contribution in [0.4, 0.5) is 4.79 Å². The van der Waals surface area contributed by atoms with Gasteiger partial charge in [0.25, 0.3) is 0 Å². The minimum atomic E-state index is -0.858. The second-order valence-electron chi connectivity index (χ2n) is 8.75. The van der Waals surface area contributed by atoms with Crippen molar-refractivity contribution < 1.29 is 33.3 Å². The van der Waals surface area contributed by atoms with E-state index in [0.717, 1.165) is 16.7 Å². The van der Waals surface area contributed by atoms with Crippen LogP contribution in [0.1, 0.15) is 37.4 Å². The van der Waals surface area contributed by atoms with Crippen LogP contribution in [0.3, 0.4) is 0 Å². The Hall–Kier alpha value is -3.78. The van der Waals surface area contributed by atoms with E-state index in [1.54, 1.807) is 24.3 Å². The first-order valence-electron chi connectivity index (χ1n) is 11.9. The van der Waals surface area contributed by atoms with Crippen LogP contribution in [0, 0.1) is 13.8 Å². The van der Waals surface area contributed by atoms with E-state index in [2.05, 4.69) is 0 Å². The first-order valence-corrected chi connectivity index (χ1v) is 12.9. The van der Waals surface area contributed by atoms with Gasteiger partial charge in [0, 0.05) is 5.75 Å². The van der Waals surface area contributed by atoms with Gasteiger partial charge in [-0.25, -0.2) is 14.4 Å². The monoisotopic (exact) mass is 520 g/mol. The summed E-state index contributed by atoms with van der Waals surface area (Å²) in [6, 6.07) is 23.3. The van der Waals surface area contributed by atoms with Crippen molar-refractivity contribution in [3.63, 3.8) is 0 Å². The Morgan fingerprint density at radius 3 is 1.97 bits per heavy atom. The van der Waals surface area contributed by atoms with Gasteiger partial charge in [-0.2, -0.15) is 0 Å². The quantitative estimate of drug-likeness (QED) is 0.283. The molecule has 0 unspecified atom stereocenters. The summed E-state index contributed by atoms with van der Waals surface area (Å²) in [7, 11) is 0. The maximum absolute atomic E-state index is 12.9. The van der Waals surface area contributed by atoms with E-state index in [4.69, 9.17) is 18.9 Å². The lowest BCUT2D eigenvalue weighted by Crippen LogP contribution is -2.40. The number of thioether (sulfide) groups is 1. The molecule has 0 amide bonds. The zero-order valence-corrected chi connectivity index (χ0v) is 21.4. The molecule has 192 valence electrons. The highest BCUT2D eigenvalue weighted by Crippen LogP contribution is 2.33. The van der Waals surface area contributed by atoms with Gasteiger partial charge in [0.1, 0.15) is 13.2 Å². The largest absolute Gasteiger partial charge is 0.509 e. The van der Waals surface area contributed by atoms with Gasteiger partial charge in [-0.15, -0.1) is 11.8 Å². The molecule has 0 aromatic heterocycles. The summed E-state index contributed by atoms with van der Waals surface area (Å²) in [4.78, 5) is 37.8. The van der Waals surface area contributed by atoms with Crippen LogP contribution in [-0.4, -0.2) is 47.9 Å². The van der Waals surface area contributed by atoms with E-state index in [1.165, 1.54) is 11.8 Å². The van der Waals surface area contributed by atoms with Gasteiger partial charge in [0.15, 0.2) is 12.2 Å². The van der Waals surface area contributed by atoms with Crippen molar-refractivity contribution in [3.8, 4) is 0 Å². The van der Waals surface area contributed by atoms with E-state index < -0.39 is 35.6 Å². The summed E-state index contributed by atoms with van der Waals surface area (Å²) in [5.41, 5.74) is 3.67. The predicted octanol–water partition coefficient (Wildman–Crippen LogP) is 5.52. The molecule has 1 aliphatic rings. The van der Waals surface area contributed by atoms with Crippen LogP contribution in [-0.2, 0) is 25.6 Å². The minimum absolute atomic E-state index is 0.0118. The average Bonchev–Trinajstić information content (AvgIpc) is 3.28. The van der Waals surface area contributed by atoms with Gasteiger partial charge in [-0.05, 0) is 43.7 Å². The van der Waals surface area contributed by atoms with Gasteiger partial charge < -0.3 is 18.9 Å². The first-order chi connectivity index (χ1) is 17.9. The lowest BCUT2D eigenvalue weighted by atomic mass is 10.1. The highest BCUT2D eigenvalue weighted by molar-refractivity contribution is 8.00. The van der Waals surface area contributed by atoms with E-state index in [0.29, 0.717) is 16.9 Å². The zero-order chi connectivity index (χ0) is 26.2. The molecule has 8 heteroatoms. The zero-order valence-electron chi connectivity index (χ0n) is 20.6. The van der Waals surface area contributed by atoms with Gasteiger partial charge in [-0.1, -0.05) is 65.7 Å². The summed E-state index contributed by atoms with van der Waals surface area (Å²) < 4.78 is 22.1. The van der Waals surface area contributed by atoms with Crippen molar-refractivity contribution in [3.05, 3.63) is 107 Å². The molecule has 1 aliphatic heterocycles. The molecule has 0 spiro atoms. The molecular formula is C29H28O7S. The van der Waals surface area contributed by atoms with Gasteiger partial charge in [0.05, 0.1) is 16.4 Å². The molecule has 1 fully saturated rings. The van der Waals surface area contributed by atoms with Crippen LogP contribution in [0.15, 0.2) is 78.9 Å². The molecule has 3 aromatic carbocycles. The average molecular weight is 521 g/mol. The molecule has 0 N–H and O–H groups in total. The SMILES string of the molecule is Cc1ccc(C(=O)OC[C@H]2SC[C@H](OC(=O)OCc3ccccc3)[C@H]2OC(=O)c2ccc(C)cc2)cc1. The van der Waals surface area contributed by atoms with Crippen LogP contribution >= 0.6 is 11.8 Å². The van der Waals surface area contributed by atoms with Crippen molar-refractivity contribution in [2.75, 3.05) is 12.4 Å². The number of carbonyl (C=O) groups is 3. The second-order valence-corrected chi connectivity index (χ2v) is 10.0. The number of benzene rings is 3. The van der Waals surface area contributed by atoms with E-state index >= 15 is 0 Å². The second kappa shape index (κ2) is 12.5. The molecule has 4 rings (SSSR count). The fourth-order valence-electron chi connectivity index (χ4n) is 3.73. The molecule has 3 aromatic rings. The fourth-order valence-corrected chi connectivity index (χ4v) is 5.01. The Morgan fingerprint density at radius 2 is 1.35 bits per heavy atom. The minimum Gasteiger partial charge on any atom is -0.461 e. The number of esters is 2. The number of aryl methyl sites for hydroxylation is 2. The van der Waals surface area contributed by atoms with Crippen molar-refractivity contribution in [2.24, 2.45) is 0 Å². The number of rotatable bonds is 8. The summed E-state index contributed by atoms with van der Waals surface area (Å²) >= 11 is 1.41. The number of ether oxygens (including phenoxy) is 4. The Morgan fingerprint density at radius 1 is 0.757 bits per heavy atom. The molecule has 1 saturated heterocycles. The van der Waals surface area contributed by atoms with Crippen LogP contribution < -0.4 is 0 Å². The molecule has 0 aliphatic carbocycles. The fraction of sp³-hybridized carbons (Fsp3) is 0.276. The van der Waals surface area contributed by atoms with Crippen LogP contribution in [0.25, 0.3) is 0 Å². The van der Waals surface area contributed by atoms with E-state index in [9.17, 15) is 14.4 Å². The van der Waals surface area contributed by atoms with Crippen LogP contribution in [0.5, 0.6) is 0 Å². The molecule has 0 radical (unpaired) electrons. The third-order valence-corrected chi connectivity index (χ3v) is 7.20. The lowest BCUT2D eigenvalue weighted by Gasteiger charge is -2.24. The molecular weight excluding hydrogens is 492 g/mol. The molecule has 3 atom stereocenters. The van der Waals surface area contributed by atoms with Gasteiger partial charge >= 0.3 is 18.1 Å². The number of hydrogen-bond donors (Lipinski definition) is 0. The molecule has 0 bridgehead atoms. The van der Waals surface area contributed by atoms with Crippen molar-refractivity contribution >= 4 is 29.9 Å². The molecule has 37 heavy (non-hydrogen) atoms. The van der Waals surface area contributed by atoms with Gasteiger partial charge in [0.2, 0.25) is 0 Å². The maximum Gasteiger partial charge on any atom is 0.509 e. The summed E-state index contributed by atoms with van der Waals surface area (Å²) in [5, 5.41) is -0.421. The highest BCUT2D eigenvalue weighted by atomic mass is 32.2. The molecule has 0 saturated carbocycles. The smallest absolute Gasteiger partial charge is 0.461 e. The highest BCUT2D eigenvalue weighted by Gasteiger charge is 2.43. The Balaban J connectivity index is 1.41. The van der Waals surface area contributed by atoms with Crippen molar-refractivity contribution in [1.82, 2.24) is 0 Å². The van der Waals surface area contributed by atoms with E-state index in [-0.39, 0.29) is 13.2 Å². The summed E-state index contributed by atoms with van der Waals surface area (Å²) in [5.74, 6) is -0.663. The Kier molecular flexibility index (Phi) is 8.85. The predicted molar refractivity (Wildman–Crippen MR) is 140 cm³/mol. The molecule has 1 heterocycles. The van der Waals surface area contributed by atoms with Crippen LogP contribution in [0.2, 0.25) is 0 Å². The van der Waals surface area contributed by atoms with Gasteiger partial charge in [-0.3, -0.25) is 0 Å². The Labute approximate surface area is 220 Å². The van der Waals surface area contributed by atoms with Crippen molar-refractivity contribution in [1.29, 1.82) is 0 Å². The van der Waals surface area contributed by atoms with Crippen molar-refractivity contribution in [2.45, 2.75) is 37.9 Å². The standard InChI is InChI=1S/C29H28O7S/c1-19-8-12-22(13-9-19)27(30)33-17-25-26(36-28(31)23-14-10-20(2)11-15-23)24(18-37-25)35-29(32)34-16-21-6-4-3-5-7-21/h3-15,24-26H,16-18H2,1-2H3/t24-,25+,26+/m0/s1. The number of carbonyl (C=O) groups excluding carboxylic acids is 3. The summed E-state index contributed by atoms with van der Waals surface area (Å²) in [6.45, 7) is 3.90.